The lowest BCUT2D eigenvalue weighted by atomic mass is 9.47. The standard InChI is InChI=1S/C22H30O4/c1-4-26-20(25)13-7-9-21(2)14(11-13)12-17(23)19-15-5-6-18(24)22(15,3)10-8-16(19)21/h12-13,15-16,19H,4-11H2,1-3H3/t13?,15-,16+,19-,21-,22-/m0/s1. The number of Topliss-reactive ketones (excluding diaryl/α,β-unsaturated/α-hetero) is 1. The maximum absolute atomic E-state index is 13.1. The third kappa shape index (κ3) is 2.36. The second-order valence-corrected chi connectivity index (χ2v) is 9.34. The summed E-state index contributed by atoms with van der Waals surface area (Å²) in [6.07, 6.45) is 7.65. The topological polar surface area (TPSA) is 60.4 Å². The lowest BCUT2D eigenvalue weighted by Crippen LogP contribution is -2.53. The van der Waals surface area contributed by atoms with E-state index in [1.807, 2.05) is 13.0 Å². The van der Waals surface area contributed by atoms with Crippen LogP contribution in [0.5, 0.6) is 0 Å². The van der Waals surface area contributed by atoms with Crippen molar-refractivity contribution < 1.29 is 19.1 Å². The molecular weight excluding hydrogens is 328 g/mol. The molecular formula is C22H30O4. The molecule has 0 aliphatic heterocycles. The number of hydrogen-bond donors (Lipinski definition) is 0. The summed E-state index contributed by atoms with van der Waals surface area (Å²) in [7, 11) is 0. The summed E-state index contributed by atoms with van der Waals surface area (Å²) in [6, 6.07) is 0. The van der Waals surface area contributed by atoms with Crippen LogP contribution in [-0.2, 0) is 19.1 Å². The molecule has 4 aliphatic carbocycles. The number of carbonyl (C=O) groups is 3. The molecule has 0 spiro atoms. The van der Waals surface area contributed by atoms with E-state index in [1.54, 1.807) is 0 Å². The summed E-state index contributed by atoms with van der Waals surface area (Å²) in [6.45, 7) is 6.63. The molecule has 4 rings (SSSR count). The van der Waals surface area contributed by atoms with E-state index >= 15 is 0 Å². The van der Waals surface area contributed by atoms with Gasteiger partial charge in [-0.2, -0.15) is 0 Å². The van der Waals surface area contributed by atoms with Gasteiger partial charge in [-0.05, 0) is 68.8 Å². The molecule has 0 N–H and O–H groups in total. The molecule has 0 bridgehead atoms. The largest absolute Gasteiger partial charge is 0.466 e. The average molecular weight is 358 g/mol. The van der Waals surface area contributed by atoms with Gasteiger partial charge in [0.05, 0.1) is 12.5 Å². The monoisotopic (exact) mass is 358 g/mol. The van der Waals surface area contributed by atoms with Crippen LogP contribution >= 0.6 is 0 Å². The highest BCUT2D eigenvalue weighted by molar-refractivity contribution is 5.97. The number of ketones is 2. The van der Waals surface area contributed by atoms with E-state index in [-0.39, 0.29) is 40.3 Å². The summed E-state index contributed by atoms with van der Waals surface area (Å²) in [5.74, 6) is 0.856. The van der Waals surface area contributed by atoms with E-state index in [4.69, 9.17) is 4.74 Å². The van der Waals surface area contributed by atoms with Crippen LogP contribution in [0.2, 0.25) is 0 Å². The normalized spacial score (nSPS) is 44.7. The highest BCUT2D eigenvalue weighted by Gasteiger charge is 2.61. The van der Waals surface area contributed by atoms with Crippen LogP contribution in [0.4, 0.5) is 0 Å². The quantitative estimate of drug-likeness (QED) is 0.703. The molecule has 1 unspecified atom stereocenters. The van der Waals surface area contributed by atoms with E-state index in [2.05, 4.69) is 13.8 Å². The van der Waals surface area contributed by atoms with Gasteiger partial charge in [0.1, 0.15) is 5.78 Å². The molecule has 3 fully saturated rings. The molecule has 4 aliphatic rings. The SMILES string of the molecule is CCOC(=O)C1CC[C@@]2(C)C(=CC(=O)[C@@H]3[C@H]2CC[C@]2(C)C(=O)CC[C@@H]32)C1. The van der Waals surface area contributed by atoms with Gasteiger partial charge in [-0.3, -0.25) is 14.4 Å². The Balaban J connectivity index is 1.65. The van der Waals surface area contributed by atoms with Gasteiger partial charge in [-0.25, -0.2) is 0 Å². The first-order valence-corrected chi connectivity index (χ1v) is 10.3. The molecule has 0 aromatic carbocycles. The smallest absolute Gasteiger partial charge is 0.309 e. The zero-order valence-corrected chi connectivity index (χ0v) is 16.2. The Labute approximate surface area is 155 Å². The molecule has 4 nitrogen and oxygen atoms in total. The van der Waals surface area contributed by atoms with Crippen LogP contribution in [0, 0.1) is 34.5 Å². The number of hydrogen-bond acceptors (Lipinski definition) is 4. The fourth-order valence-electron chi connectivity index (χ4n) is 6.64. The molecule has 0 aromatic rings. The second-order valence-electron chi connectivity index (χ2n) is 9.34. The minimum absolute atomic E-state index is 0.00542. The van der Waals surface area contributed by atoms with Gasteiger partial charge in [-0.1, -0.05) is 19.4 Å². The maximum atomic E-state index is 13.1. The Kier molecular flexibility index (Phi) is 4.16. The zero-order chi connectivity index (χ0) is 18.7. The predicted molar refractivity (Wildman–Crippen MR) is 97.2 cm³/mol. The number of allylic oxidation sites excluding steroid dienone is 2. The lowest BCUT2D eigenvalue weighted by Gasteiger charge is -2.55. The number of esters is 1. The van der Waals surface area contributed by atoms with Crippen LogP contribution in [0.1, 0.15) is 65.7 Å². The number of carbonyl (C=O) groups excluding carboxylic acids is 3. The van der Waals surface area contributed by atoms with Crippen molar-refractivity contribution in [3.8, 4) is 0 Å². The van der Waals surface area contributed by atoms with Crippen molar-refractivity contribution >= 4 is 17.5 Å². The maximum Gasteiger partial charge on any atom is 0.309 e. The van der Waals surface area contributed by atoms with Gasteiger partial charge in [-0.15, -0.1) is 0 Å². The Morgan fingerprint density at radius 1 is 1.12 bits per heavy atom. The average Bonchev–Trinajstić information content (AvgIpc) is 2.91. The van der Waals surface area contributed by atoms with Crippen molar-refractivity contribution in [2.24, 2.45) is 34.5 Å². The van der Waals surface area contributed by atoms with Crippen LogP contribution in [-0.4, -0.2) is 24.1 Å². The molecule has 0 heterocycles. The molecule has 6 atom stereocenters. The fourth-order valence-corrected chi connectivity index (χ4v) is 6.64. The van der Waals surface area contributed by atoms with Crippen molar-refractivity contribution in [1.82, 2.24) is 0 Å². The number of ether oxygens (including phenoxy) is 1. The fraction of sp³-hybridized carbons (Fsp3) is 0.773. The predicted octanol–water partition coefficient (Wildman–Crippen LogP) is 3.88. The Morgan fingerprint density at radius 2 is 1.81 bits per heavy atom. The van der Waals surface area contributed by atoms with Crippen molar-refractivity contribution in [1.29, 1.82) is 0 Å². The van der Waals surface area contributed by atoms with Crippen LogP contribution < -0.4 is 0 Å². The first kappa shape index (κ1) is 17.9. The molecule has 26 heavy (non-hydrogen) atoms. The summed E-state index contributed by atoms with van der Waals surface area (Å²) in [4.78, 5) is 37.8. The van der Waals surface area contributed by atoms with Gasteiger partial charge in [0.2, 0.25) is 0 Å². The molecule has 0 radical (unpaired) electrons. The van der Waals surface area contributed by atoms with Gasteiger partial charge < -0.3 is 4.74 Å². The minimum atomic E-state index is -0.291. The highest BCUT2D eigenvalue weighted by atomic mass is 16.5. The molecule has 0 saturated heterocycles. The molecule has 142 valence electrons. The van der Waals surface area contributed by atoms with Gasteiger partial charge in [0.15, 0.2) is 5.78 Å². The van der Waals surface area contributed by atoms with Gasteiger partial charge >= 0.3 is 5.97 Å². The van der Waals surface area contributed by atoms with Crippen molar-refractivity contribution in [3.05, 3.63) is 11.6 Å². The first-order valence-electron chi connectivity index (χ1n) is 10.3. The van der Waals surface area contributed by atoms with Crippen molar-refractivity contribution in [2.75, 3.05) is 6.61 Å². The minimum Gasteiger partial charge on any atom is -0.466 e. The molecule has 0 aromatic heterocycles. The second kappa shape index (κ2) is 6.03. The summed E-state index contributed by atoms with van der Waals surface area (Å²) >= 11 is 0. The summed E-state index contributed by atoms with van der Waals surface area (Å²) < 4.78 is 5.22. The summed E-state index contributed by atoms with van der Waals surface area (Å²) in [5.41, 5.74) is 0.857. The van der Waals surface area contributed by atoms with Crippen LogP contribution in [0.15, 0.2) is 11.6 Å². The van der Waals surface area contributed by atoms with Gasteiger partial charge in [0, 0.05) is 17.8 Å². The Morgan fingerprint density at radius 3 is 2.54 bits per heavy atom. The molecule has 3 saturated carbocycles. The summed E-state index contributed by atoms with van der Waals surface area (Å²) in [5, 5.41) is 0. The van der Waals surface area contributed by atoms with E-state index in [9.17, 15) is 14.4 Å². The number of rotatable bonds is 2. The molecule has 4 heteroatoms. The van der Waals surface area contributed by atoms with Gasteiger partial charge in [0.25, 0.3) is 0 Å². The highest BCUT2D eigenvalue weighted by Crippen LogP contribution is 2.63. The Bertz CT molecular complexity index is 692. The van der Waals surface area contributed by atoms with Crippen molar-refractivity contribution in [3.63, 3.8) is 0 Å². The van der Waals surface area contributed by atoms with E-state index in [1.165, 1.54) is 0 Å². The lowest BCUT2D eigenvalue weighted by molar-refractivity contribution is -0.151. The number of fused-ring (bicyclic) bond motifs is 5. The van der Waals surface area contributed by atoms with E-state index in [0.717, 1.165) is 37.7 Å². The third-order valence-corrected chi connectivity index (χ3v) is 8.27. The van der Waals surface area contributed by atoms with Crippen LogP contribution in [0.25, 0.3) is 0 Å². The van der Waals surface area contributed by atoms with E-state index in [0.29, 0.717) is 31.1 Å². The van der Waals surface area contributed by atoms with E-state index < -0.39 is 0 Å². The molecule has 0 amide bonds. The zero-order valence-electron chi connectivity index (χ0n) is 16.2. The Hall–Kier alpha value is -1.45. The first-order chi connectivity index (χ1) is 12.3. The third-order valence-electron chi connectivity index (χ3n) is 8.27. The van der Waals surface area contributed by atoms with Crippen molar-refractivity contribution in [2.45, 2.75) is 65.7 Å². The van der Waals surface area contributed by atoms with Crippen LogP contribution in [0.3, 0.4) is 0 Å².